The molecule has 1 atom stereocenters. The van der Waals surface area contributed by atoms with Crippen LogP contribution < -0.4 is 5.32 Å². The first-order chi connectivity index (χ1) is 12.1. The van der Waals surface area contributed by atoms with Gasteiger partial charge < -0.3 is 5.32 Å². The molecule has 25 heavy (non-hydrogen) atoms. The lowest BCUT2D eigenvalue weighted by atomic mass is 9.98. The molecule has 0 fully saturated rings. The van der Waals surface area contributed by atoms with Crippen molar-refractivity contribution in [2.75, 3.05) is 0 Å². The van der Waals surface area contributed by atoms with Gasteiger partial charge in [0.05, 0.1) is 11.7 Å². The quantitative estimate of drug-likeness (QED) is 0.762. The summed E-state index contributed by atoms with van der Waals surface area (Å²) in [4.78, 5) is 12.9. The number of carbonyl (C=O) groups is 1. The third-order valence-electron chi connectivity index (χ3n) is 4.26. The Bertz CT molecular complexity index is 871. The number of hydrogen-bond donors (Lipinski definition) is 1. The zero-order chi connectivity index (χ0) is 17.8. The fraction of sp³-hybridized carbons (Fsp3) is 0.200. The summed E-state index contributed by atoms with van der Waals surface area (Å²) >= 11 is 0. The van der Waals surface area contributed by atoms with Gasteiger partial charge in [0.1, 0.15) is 5.82 Å². The Kier molecular flexibility index (Phi) is 4.93. The Labute approximate surface area is 146 Å². The first-order valence-electron chi connectivity index (χ1n) is 8.24. The molecule has 0 saturated carbocycles. The molecule has 1 aromatic heterocycles. The molecule has 1 N–H and O–H groups in total. The molecule has 0 aliphatic heterocycles. The van der Waals surface area contributed by atoms with Crippen molar-refractivity contribution in [1.29, 1.82) is 0 Å². The van der Waals surface area contributed by atoms with E-state index < -0.39 is 0 Å². The van der Waals surface area contributed by atoms with E-state index in [1.54, 1.807) is 29.1 Å². The van der Waals surface area contributed by atoms with Crippen LogP contribution in [0.2, 0.25) is 0 Å². The van der Waals surface area contributed by atoms with Crippen LogP contribution in [0.3, 0.4) is 0 Å². The van der Waals surface area contributed by atoms with Crippen molar-refractivity contribution >= 4 is 5.91 Å². The number of benzene rings is 2. The molecule has 128 valence electrons. The van der Waals surface area contributed by atoms with Crippen molar-refractivity contribution in [3.05, 3.63) is 77.9 Å². The van der Waals surface area contributed by atoms with Gasteiger partial charge in [0.25, 0.3) is 5.91 Å². The summed E-state index contributed by atoms with van der Waals surface area (Å²) in [5.41, 5.74) is 3.10. The summed E-state index contributed by atoms with van der Waals surface area (Å²) in [5, 5.41) is 7.24. The van der Waals surface area contributed by atoms with E-state index in [2.05, 4.69) is 10.4 Å². The van der Waals surface area contributed by atoms with Crippen molar-refractivity contribution in [2.24, 2.45) is 7.05 Å². The summed E-state index contributed by atoms with van der Waals surface area (Å²) in [6.45, 7) is 2.02. The van der Waals surface area contributed by atoms with Crippen molar-refractivity contribution in [1.82, 2.24) is 15.1 Å². The van der Waals surface area contributed by atoms with E-state index >= 15 is 0 Å². The highest BCUT2D eigenvalue weighted by molar-refractivity contribution is 6.01. The van der Waals surface area contributed by atoms with Crippen LogP contribution in [0.4, 0.5) is 4.39 Å². The highest BCUT2D eigenvalue weighted by Gasteiger charge is 2.19. The van der Waals surface area contributed by atoms with Crippen LogP contribution in [-0.4, -0.2) is 15.7 Å². The third kappa shape index (κ3) is 3.60. The lowest BCUT2D eigenvalue weighted by molar-refractivity contribution is 0.0934. The second-order valence-electron chi connectivity index (χ2n) is 5.87. The molecule has 3 rings (SSSR count). The zero-order valence-electron chi connectivity index (χ0n) is 14.2. The Hall–Kier alpha value is -2.95. The average molecular weight is 337 g/mol. The predicted molar refractivity (Wildman–Crippen MR) is 95.5 cm³/mol. The Balaban J connectivity index is 1.90. The van der Waals surface area contributed by atoms with Crippen LogP contribution in [0.15, 0.2) is 60.8 Å². The minimum absolute atomic E-state index is 0.124. The van der Waals surface area contributed by atoms with Gasteiger partial charge in [-0.05, 0) is 41.8 Å². The molecule has 0 aliphatic carbocycles. The highest BCUT2D eigenvalue weighted by atomic mass is 19.1. The van der Waals surface area contributed by atoms with Gasteiger partial charge in [0, 0.05) is 18.8 Å². The van der Waals surface area contributed by atoms with Gasteiger partial charge in [-0.2, -0.15) is 5.10 Å². The molecular weight excluding hydrogens is 317 g/mol. The lowest BCUT2D eigenvalue weighted by Gasteiger charge is -2.18. The molecule has 0 bridgehead atoms. The van der Waals surface area contributed by atoms with Crippen LogP contribution in [0.1, 0.15) is 35.4 Å². The fourth-order valence-corrected chi connectivity index (χ4v) is 2.91. The molecule has 0 radical (unpaired) electrons. The van der Waals surface area contributed by atoms with E-state index in [0.717, 1.165) is 23.2 Å². The number of aryl methyl sites for hydroxylation is 1. The standard InChI is InChI=1S/C20H20FN3O/c1-3-18(19-12-13-22-24(19)2)23-20(25)17-7-5-4-6-16(17)14-8-10-15(21)11-9-14/h4-13,18H,3H2,1-2H3,(H,23,25). The number of nitrogens with zero attached hydrogens (tertiary/aromatic N) is 2. The van der Waals surface area contributed by atoms with Crippen LogP contribution in [-0.2, 0) is 7.05 Å². The van der Waals surface area contributed by atoms with Crippen LogP contribution in [0.25, 0.3) is 11.1 Å². The smallest absolute Gasteiger partial charge is 0.252 e. The second-order valence-corrected chi connectivity index (χ2v) is 5.87. The molecule has 0 aliphatic rings. The molecule has 4 nitrogen and oxygen atoms in total. The minimum Gasteiger partial charge on any atom is -0.344 e. The molecule has 2 aromatic carbocycles. The topological polar surface area (TPSA) is 46.9 Å². The summed E-state index contributed by atoms with van der Waals surface area (Å²) < 4.78 is 15.0. The largest absolute Gasteiger partial charge is 0.344 e. The van der Waals surface area contributed by atoms with Crippen molar-refractivity contribution < 1.29 is 9.18 Å². The average Bonchev–Trinajstić information content (AvgIpc) is 3.06. The predicted octanol–water partition coefficient (Wildman–Crippen LogP) is 4.11. The van der Waals surface area contributed by atoms with Gasteiger partial charge in [-0.25, -0.2) is 4.39 Å². The third-order valence-corrected chi connectivity index (χ3v) is 4.26. The molecule has 0 spiro atoms. The van der Waals surface area contributed by atoms with E-state index in [0.29, 0.717) is 5.56 Å². The Morgan fingerprint density at radius 1 is 1.16 bits per heavy atom. The van der Waals surface area contributed by atoms with Gasteiger partial charge in [-0.1, -0.05) is 37.3 Å². The monoisotopic (exact) mass is 337 g/mol. The van der Waals surface area contributed by atoms with Gasteiger partial charge in [0.2, 0.25) is 0 Å². The fourth-order valence-electron chi connectivity index (χ4n) is 2.91. The van der Waals surface area contributed by atoms with Crippen LogP contribution in [0, 0.1) is 5.82 Å². The molecule has 0 saturated heterocycles. The van der Waals surface area contributed by atoms with E-state index in [1.807, 2.05) is 38.2 Å². The van der Waals surface area contributed by atoms with Gasteiger partial charge in [-0.15, -0.1) is 0 Å². The summed E-state index contributed by atoms with van der Waals surface area (Å²) in [7, 11) is 1.86. The minimum atomic E-state index is -0.298. The number of nitrogens with one attached hydrogen (secondary N) is 1. The number of amides is 1. The summed E-state index contributed by atoms with van der Waals surface area (Å²) in [6.07, 6.45) is 2.47. The molecular formula is C20H20FN3O. The summed E-state index contributed by atoms with van der Waals surface area (Å²) in [6, 6.07) is 15.3. The lowest BCUT2D eigenvalue weighted by Crippen LogP contribution is -2.29. The molecule has 1 unspecified atom stereocenters. The van der Waals surface area contributed by atoms with Crippen molar-refractivity contribution in [3.63, 3.8) is 0 Å². The maximum absolute atomic E-state index is 13.2. The van der Waals surface area contributed by atoms with Crippen molar-refractivity contribution in [2.45, 2.75) is 19.4 Å². The Morgan fingerprint density at radius 2 is 1.88 bits per heavy atom. The number of hydrogen-bond acceptors (Lipinski definition) is 2. The number of aromatic nitrogens is 2. The van der Waals surface area contributed by atoms with Crippen LogP contribution >= 0.6 is 0 Å². The molecule has 1 heterocycles. The van der Waals surface area contributed by atoms with Gasteiger partial charge >= 0.3 is 0 Å². The maximum atomic E-state index is 13.2. The van der Waals surface area contributed by atoms with E-state index in [4.69, 9.17) is 0 Å². The number of halogens is 1. The normalized spacial score (nSPS) is 12.0. The maximum Gasteiger partial charge on any atom is 0.252 e. The molecule has 5 heteroatoms. The van der Waals surface area contributed by atoms with E-state index in [1.165, 1.54) is 12.1 Å². The first kappa shape index (κ1) is 16.9. The number of carbonyl (C=O) groups excluding carboxylic acids is 1. The van der Waals surface area contributed by atoms with Crippen molar-refractivity contribution in [3.8, 4) is 11.1 Å². The highest BCUT2D eigenvalue weighted by Crippen LogP contribution is 2.25. The van der Waals surface area contributed by atoms with E-state index in [-0.39, 0.29) is 17.8 Å². The number of rotatable bonds is 5. The molecule has 3 aromatic rings. The Morgan fingerprint density at radius 3 is 2.52 bits per heavy atom. The zero-order valence-corrected chi connectivity index (χ0v) is 14.2. The first-order valence-corrected chi connectivity index (χ1v) is 8.24. The SMILES string of the molecule is CCC(NC(=O)c1ccccc1-c1ccc(F)cc1)c1ccnn1C. The van der Waals surface area contributed by atoms with Crippen LogP contribution in [0.5, 0.6) is 0 Å². The van der Waals surface area contributed by atoms with Gasteiger partial charge in [-0.3, -0.25) is 9.48 Å². The van der Waals surface area contributed by atoms with E-state index in [9.17, 15) is 9.18 Å². The van der Waals surface area contributed by atoms with Gasteiger partial charge in [0.15, 0.2) is 0 Å². The molecule has 1 amide bonds. The summed E-state index contributed by atoms with van der Waals surface area (Å²) in [5.74, 6) is -0.457. The second kappa shape index (κ2) is 7.30.